The molecule has 0 fully saturated rings. The van der Waals surface area contributed by atoms with Gasteiger partial charge in [-0.05, 0) is 48.7 Å². The van der Waals surface area contributed by atoms with Gasteiger partial charge in [-0.1, -0.05) is 42.5 Å². The van der Waals surface area contributed by atoms with Crippen LogP contribution in [0, 0.1) is 0 Å². The van der Waals surface area contributed by atoms with Crippen LogP contribution in [0.2, 0.25) is 0 Å². The molecule has 0 saturated carbocycles. The van der Waals surface area contributed by atoms with Crippen molar-refractivity contribution in [3.63, 3.8) is 0 Å². The van der Waals surface area contributed by atoms with E-state index in [4.69, 9.17) is 4.74 Å². The van der Waals surface area contributed by atoms with Crippen LogP contribution in [0.25, 0.3) is 0 Å². The number of halogens is 1. The zero-order valence-electron chi connectivity index (χ0n) is 22.9. The van der Waals surface area contributed by atoms with Gasteiger partial charge in [-0.2, -0.15) is 4.31 Å². The third-order valence-corrected chi connectivity index (χ3v) is 9.49. The van der Waals surface area contributed by atoms with Crippen LogP contribution in [-0.4, -0.2) is 55.7 Å². The molecular weight excluding hydrogens is 582 g/mol. The lowest BCUT2D eigenvalue weighted by molar-refractivity contribution is 0.0526. The maximum absolute atomic E-state index is 13.2. The number of sulfonamides is 1. The molecule has 41 heavy (non-hydrogen) atoms. The Labute approximate surface area is 251 Å². The van der Waals surface area contributed by atoms with Crippen molar-refractivity contribution in [1.82, 2.24) is 9.21 Å². The van der Waals surface area contributed by atoms with Crippen LogP contribution in [0.5, 0.6) is 0 Å². The molecule has 2 heterocycles. The average molecular weight is 616 g/mol. The topological polar surface area (TPSA) is 96.0 Å². The predicted molar refractivity (Wildman–Crippen MR) is 165 cm³/mol. The van der Waals surface area contributed by atoms with Crippen LogP contribution < -0.4 is 5.32 Å². The van der Waals surface area contributed by atoms with Gasteiger partial charge in [-0.3, -0.25) is 9.69 Å². The highest BCUT2D eigenvalue weighted by molar-refractivity contribution is 7.89. The van der Waals surface area contributed by atoms with Crippen molar-refractivity contribution in [3.8, 4) is 0 Å². The van der Waals surface area contributed by atoms with Gasteiger partial charge in [0.15, 0.2) is 0 Å². The number of nitrogens with one attached hydrogen (secondary N) is 1. The zero-order valence-corrected chi connectivity index (χ0v) is 25.3. The van der Waals surface area contributed by atoms with E-state index >= 15 is 0 Å². The Kier molecular flexibility index (Phi) is 11.5. The minimum absolute atomic E-state index is 0. The second-order valence-electron chi connectivity index (χ2n) is 9.25. The van der Waals surface area contributed by atoms with Crippen molar-refractivity contribution >= 4 is 50.6 Å². The Morgan fingerprint density at radius 3 is 2.34 bits per heavy atom. The summed E-state index contributed by atoms with van der Waals surface area (Å²) < 4.78 is 32.6. The standard InChI is InChI=1S/C30H33N3O5S2.ClH/c1-4-17-33(18-5-2)40(36,37)24-14-12-23(13-15-24)28(34)31-29-27(30(35)38-6-3)25-16-19-32(21-26(25)39-29)20-22-10-8-7-9-11-22;/h4-5,7-15H,1-2,6,16-21H2,3H3,(H,31,34);1H. The highest BCUT2D eigenvalue weighted by Gasteiger charge is 2.30. The number of fused-ring (bicyclic) bond motifs is 1. The molecule has 3 aromatic rings. The van der Waals surface area contributed by atoms with Crippen molar-refractivity contribution in [2.24, 2.45) is 0 Å². The fraction of sp³-hybridized carbons (Fsp3) is 0.267. The fourth-order valence-electron chi connectivity index (χ4n) is 4.60. The number of amides is 1. The summed E-state index contributed by atoms with van der Waals surface area (Å²) in [6.45, 7) is 11.7. The van der Waals surface area contributed by atoms with E-state index in [2.05, 4.69) is 35.5 Å². The molecule has 0 spiro atoms. The Morgan fingerprint density at radius 2 is 1.73 bits per heavy atom. The number of thiophene rings is 1. The number of carbonyl (C=O) groups excluding carboxylic acids is 2. The van der Waals surface area contributed by atoms with Gasteiger partial charge < -0.3 is 10.1 Å². The van der Waals surface area contributed by atoms with E-state index in [0.29, 0.717) is 23.5 Å². The molecular formula is C30H34ClN3O5S2. The highest BCUT2D eigenvalue weighted by atomic mass is 35.5. The molecule has 4 rings (SSSR count). The van der Waals surface area contributed by atoms with E-state index < -0.39 is 21.9 Å². The van der Waals surface area contributed by atoms with Gasteiger partial charge in [0.1, 0.15) is 5.00 Å². The number of ether oxygens (including phenoxy) is 1. The second kappa shape index (κ2) is 14.6. The van der Waals surface area contributed by atoms with E-state index in [1.54, 1.807) is 6.92 Å². The summed E-state index contributed by atoms with van der Waals surface area (Å²) in [5.74, 6) is -0.902. The Bertz CT molecular complexity index is 1480. The normalized spacial score (nSPS) is 13.1. The summed E-state index contributed by atoms with van der Waals surface area (Å²) in [6, 6.07) is 15.9. The molecule has 0 atom stereocenters. The van der Waals surface area contributed by atoms with Crippen LogP contribution >= 0.6 is 23.7 Å². The maximum atomic E-state index is 13.2. The van der Waals surface area contributed by atoms with Crippen molar-refractivity contribution in [3.05, 3.63) is 107 Å². The van der Waals surface area contributed by atoms with Crippen molar-refractivity contribution < 1.29 is 22.7 Å². The Morgan fingerprint density at radius 1 is 1.07 bits per heavy atom. The molecule has 1 aromatic heterocycles. The largest absolute Gasteiger partial charge is 0.462 e. The fourth-order valence-corrected chi connectivity index (χ4v) is 7.26. The summed E-state index contributed by atoms with van der Waals surface area (Å²) in [5.41, 5.74) is 2.79. The zero-order chi connectivity index (χ0) is 28.7. The number of carbonyl (C=O) groups is 2. The Balaban J connectivity index is 0.00000462. The quantitative estimate of drug-likeness (QED) is 0.213. The number of benzene rings is 2. The van der Waals surface area contributed by atoms with E-state index in [-0.39, 0.29) is 42.6 Å². The monoisotopic (exact) mass is 615 g/mol. The van der Waals surface area contributed by atoms with Crippen LogP contribution in [0.4, 0.5) is 5.00 Å². The molecule has 1 aliphatic rings. The smallest absolute Gasteiger partial charge is 0.341 e. The van der Waals surface area contributed by atoms with E-state index in [0.717, 1.165) is 23.5 Å². The molecule has 218 valence electrons. The van der Waals surface area contributed by atoms with Gasteiger partial charge in [0.05, 0.1) is 17.1 Å². The maximum Gasteiger partial charge on any atom is 0.341 e. The first-order valence-electron chi connectivity index (χ1n) is 13.0. The molecule has 1 N–H and O–H groups in total. The van der Waals surface area contributed by atoms with Crippen LogP contribution in [-0.2, 0) is 34.3 Å². The number of nitrogens with zero attached hydrogens (tertiary/aromatic N) is 2. The van der Waals surface area contributed by atoms with Gasteiger partial charge in [-0.15, -0.1) is 36.9 Å². The second-order valence-corrected chi connectivity index (χ2v) is 12.3. The lowest BCUT2D eigenvalue weighted by Crippen LogP contribution is -2.31. The van der Waals surface area contributed by atoms with E-state index in [1.165, 1.54) is 57.6 Å². The van der Waals surface area contributed by atoms with Gasteiger partial charge in [0.25, 0.3) is 5.91 Å². The molecule has 2 aromatic carbocycles. The summed E-state index contributed by atoms with van der Waals surface area (Å²) in [4.78, 5) is 29.6. The summed E-state index contributed by atoms with van der Waals surface area (Å²) >= 11 is 1.38. The minimum atomic E-state index is -3.79. The Hall–Kier alpha value is -3.28. The highest BCUT2D eigenvalue weighted by Crippen LogP contribution is 2.38. The SMILES string of the molecule is C=CCN(CC=C)S(=O)(=O)c1ccc(C(=O)Nc2sc3c(c2C(=O)OCC)CCN(Cc2ccccc2)C3)cc1.Cl. The molecule has 0 aliphatic carbocycles. The number of rotatable bonds is 12. The van der Waals surface area contributed by atoms with Crippen LogP contribution in [0.3, 0.4) is 0 Å². The third kappa shape index (κ3) is 7.52. The predicted octanol–water partition coefficient (Wildman–Crippen LogP) is 5.52. The molecule has 0 unspecified atom stereocenters. The van der Waals surface area contributed by atoms with Gasteiger partial charge in [-0.25, -0.2) is 13.2 Å². The lowest BCUT2D eigenvalue weighted by Gasteiger charge is -2.27. The van der Waals surface area contributed by atoms with Gasteiger partial charge in [0, 0.05) is 43.2 Å². The molecule has 0 bridgehead atoms. The minimum Gasteiger partial charge on any atom is -0.462 e. The van der Waals surface area contributed by atoms with E-state index in [1.807, 2.05) is 18.2 Å². The van der Waals surface area contributed by atoms with Crippen molar-refractivity contribution in [2.75, 3.05) is 31.6 Å². The number of anilines is 1. The van der Waals surface area contributed by atoms with Gasteiger partial charge >= 0.3 is 5.97 Å². The molecule has 0 saturated heterocycles. The molecule has 1 aliphatic heterocycles. The van der Waals surface area contributed by atoms with Gasteiger partial charge in [0.2, 0.25) is 10.0 Å². The van der Waals surface area contributed by atoms with Crippen LogP contribution in [0.1, 0.15) is 43.6 Å². The lowest BCUT2D eigenvalue weighted by atomic mass is 10.0. The number of hydrogen-bond acceptors (Lipinski definition) is 7. The van der Waals surface area contributed by atoms with Crippen molar-refractivity contribution in [1.29, 1.82) is 0 Å². The summed E-state index contributed by atoms with van der Waals surface area (Å²) in [5, 5.41) is 3.32. The number of hydrogen-bond donors (Lipinski definition) is 1. The molecule has 0 radical (unpaired) electrons. The first kappa shape index (κ1) is 32.2. The molecule has 8 nitrogen and oxygen atoms in total. The van der Waals surface area contributed by atoms with Crippen molar-refractivity contribution in [2.45, 2.75) is 31.3 Å². The molecule has 11 heteroatoms. The number of esters is 1. The first-order valence-corrected chi connectivity index (χ1v) is 15.2. The van der Waals surface area contributed by atoms with Crippen LogP contribution in [0.15, 0.2) is 84.8 Å². The molecule has 1 amide bonds. The summed E-state index contributed by atoms with van der Waals surface area (Å²) in [6.07, 6.45) is 3.68. The van der Waals surface area contributed by atoms with E-state index in [9.17, 15) is 18.0 Å². The third-order valence-electron chi connectivity index (χ3n) is 6.51. The summed E-state index contributed by atoms with van der Waals surface area (Å²) in [7, 11) is -3.79. The average Bonchev–Trinajstić information content (AvgIpc) is 3.30. The first-order chi connectivity index (χ1) is 19.3.